The van der Waals surface area contributed by atoms with Crippen molar-refractivity contribution in [2.75, 3.05) is 5.43 Å². The first-order chi connectivity index (χ1) is 7.36. The van der Waals surface area contributed by atoms with Crippen LogP contribution in [0.2, 0.25) is 5.02 Å². The molecule has 0 fully saturated rings. The number of nitrogen functional groups attached to an aromatic ring is 1. The molecule has 1 rings (SSSR count). The highest BCUT2D eigenvalue weighted by atomic mass is 35.5. The van der Waals surface area contributed by atoms with Gasteiger partial charge in [0.2, 0.25) is 10.0 Å². The van der Waals surface area contributed by atoms with Gasteiger partial charge in [0.1, 0.15) is 4.90 Å². The van der Waals surface area contributed by atoms with E-state index in [-0.39, 0.29) is 21.8 Å². The van der Waals surface area contributed by atoms with Crippen molar-refractivity contribution in [2.24, 2.45) is 5.84 Å². The van der Waals surface area contributed by atoms with E-state index in [2.05, 4.69) is 15.1 Å². The lowest BCUT2D eigenvalue weighted by atomic mass is 10.4. The van der Waals surface area contributed by atoms with Crippen LogP contribution in [0.3, 0.4) is 0 Å². The van der Waals surface area contributed by atoms with E-state index in [1.807, 2.05) is 0 Å². The van der Waals surface area contributed by atoms with Crippen LogP contribution in [0.5, 0.6) is 0 Å². The van der Waals surface area contributed by atoms with E-state index in [1.54, 1.807) is 13.8 Å². The molecule has 0 saturated carbocycles. The van der Waals surface area contributed by atoms with Crippen molar-refractivity contribution in [2.45, 2.75) is 24.8 Å². The van der Waals surface area contributed by atoms with Gasteiger partial charge < -0.3 is 5.43 Å². The predicted octanol–water partition coefficient (Wildman–Crippen LogP) is 0.707. The van der Waals surface area contributed by atoms with Gasteiger partial charge in [-0.1, -0.05) is 11.6 Å². The lowest BCUT2D eigenvalue weighted by Crippen LogP contribution is -2.30. The molecule has 4 N–H and O–H groups in total. The Morgan fingerprint density at radius 2 is 2.12 bits per heavy atom. The van der Waals surface area contributed by atoms with Crippen molar-refractivity contribution in [3.05, 3.63) is 17.3 Å². The van der Waals surface area contributed by atoms with Crippen molar-refractivity contribution in [1.29, 1.82) is 0 Å². The molecule has 0 bridgehead atoms. The van der Waals surface area contributed by atoms with Crippen LogP contribution < -0.4 is 16.0 Å². The molecule has 0 aliphatic rings. The molecule has 0 saturated heterocycles. The second-order valence-corrected chi connectivity index (χ2v) is 5.54. The Bertz CT molecular complexity index is 475. The highest BCUT2D eigenvalue weighted by Gasteiger charge is 2.17. The molecule has 0 spiro atoms. The number of hydrazine groups is 1. The fourth-order valence-electron chi connectivity index (χ4n) is 1.05. The summed E-state index contributed by atoms with van der Waals surface area (Å²) in [5.74, 6) is 5.36. The minimum absolute atomic E-state index is 0.00481. The summed E-state index contributed by atoms with van der Waals surface area (Å²) in [6.07, 6.45) is 1.19. The van der Waals surface area contributed by atoms with Crippen LogP contribution in [0.25, 0.3) is 0 Å². The fraction of sp³-hybridized carbons (Fsp3) is 0.375. The van der Waals surface area contributed by atoms with Gasteiger partial charge in [-0.15, -0.1) is 0 Å². The number of aromatic nitrogens is 1. The van der Waals surface area contributed by atoms with E-state index in [4.69, 9.17) is 17.4 Å². The van der Waals surface area contributed by atoms with Gasteiger partial charge in [0.25, 0.3) is 0 Å². The van der Waals surface area contributed by atoms with Gasteiger partial charge in [-0.05, 0) is 19.9 Å². The number of nitrogens with two attached hydrogens (primary N) is 1. The molecule has 16 heavy (non-hydrogen) atoms. The van der Waals surface area contributed by atoms with Crippen LogP contribution in [0.15, 0.2) is 17.2 Å². The van der Waals surface area contributed by atoms with Crippen molar-refractivity contribution < 1.29 is 8.42 Å². The third-order valence-electron chi connectivity index (χ3n) is 1.65. The quantitative estimate of drug-likeness (QED) is 0.550. The largest absolute Gasteiger partial charge is 0.307 e. The smallest absolute Gasteiger partial charge is 0.242 e. The normalized spacial score (nSPS) is 11.8. The topological polar surface area (TPSA) is 97.1 Å². The zero-order valence-corrected chi connectivity index (χ0v) is 10.4. The van der Waals surface area contributed by atoms with Crippen molar-refractivity contribution >= 4 is 27.4 Å². The van der Waals surface area contributed by atoms with Gasteiger partial charge in [0.15, 0.2) is 5.82 Å². The minimum Gasteiger partial charge on any atom is -0.307 e. The van der Waals surface area contributed by atoms with E-state index in [0.29, 0.717) is 0 Å². The molecule has 0 aliphatic heterocycles. The van der Waals surface area contributed by atoms with Crippen molar-refractivity contribution in [3.8, 4) is 0 Å². The molecule has 1 aromatic rings. The summed E-state index contributed by atoms with van der Waals surface area (Å²) in [5, 5.41) is 0.147. The third-order valence-corrected chi connectivity index (χ3v) is 3.57. The average Bonchev–Trinajstić information content (AvgIpc) is 2.15. The summed E-state index contributed by atoms with van der Waals surface area (Å²) in [5.41, 5.74) is 2.26. The highest BCUT2D eigenvalue weighted by molar-refractivity contribution is 7.89. The maximum Gasteiger partial charge on any atom is 0.242 e. The lowest BCUT2D eigenvalue weighted by molar-refractivity contribution is 0.569. The Hall–Kier alpha value is -0.890. The number of sulfonamides is 1. The number of nitrogens with zero attached hydrogens (tertiary/aromatic N) is 1. The maximum absolute atomic E-state index is 11.7. The SMILES string of the molecule is CC(C)NS(=O)(=O)c1cnc(NN)c(Cl)c1. The fourth-order valence-corrected chi connectivity index (χ4v) is 2.56. The van der Waals surface area contributed by atoms with Gasteiger partial charge in [0.05, 0.1) is 5.02 Å². The van der Waals surface area contributed by atoms with Crippen LogP contribution in [0.4, 0.5) is 5.82 Å². The molecule has 0 unspecified atom stereocenters. The number of hydrogen-bond acceptors (Lipinski definition) is 5. The summed E-state index contributed by atoms with van der Waals surface area (Å²) < 4.78 is 25.9. The molecule has 0 radical (unpaired) electrons. The molecule has 6 nitrogen and oxygen atoms in total. The Morgan fingerprint density at radius 1 is 1.50 bits per heavy atom. The van der Waals surface area contributed by atoms with E-state index in [1.165, 1.54) is 12.3 Å². The Balaban J connectivity index is 3.10. The number of nitrogens with one attached hydrogen (secondary N) is 2. The molecule has 1 aromatic heterocycles. The second kappa shape index (κ2) is 4.96. The minimum atomic E-state index is -3.57. The zero-order valence-electron chi connectivity index (χ0n) is 8.86. The predicted molar refractivity (Wildman–Crippen MR) is 62.5 cm³/mol. The maximum atomic E-state index is 11.7. The molecule has 0 amide bonds. The average molecular weight is 265 g/mol. The van der Waals surface area contributed by atoms with Crippen molar-refractivity contribution in [1.82, 2.24) is 9.71 Å². The summed E-state index contributed by atoms with van der Waals surface area (Å²) in [6, 6.07) is 1.09. The number of rotatable bonds is 4. The first-order valence-electron chi connectivity index (χ1n) is 4.51. The lowest BCUT2D eigenvalue weighted by Gasteiger charge is -2.10. The van der Waals surface area contributed by atoms with E-state index >= 15 is 0 Å². The summed E-state index contributed by atoms with van der Waals surface area (Å²) in [6.45, 7) is 3.45. The van der Waals surface area contributed by atoms with Gasteiger partial charge in [-0.25, -0.2) is 24.0 Å². The molecule has 0 aliphatic carbocycles. The van der Waals surface area contributed by atoms with Gasteiger partial charge in [-0.2, -0.15) is 0 Å². The zero-order chi connectivity index (χ0) is 12.3. The van der Waals surface area contributed by atoms with Crippen molar-refractivity contribution in [3.63, 3.8) is 0 Å². The molecule has 90 valence electrons. The van der Waals surface area contributed by atoms with Gasteiger partial charge in [-0.3, -0.25) is 0 Å². The summed E-state index contributed by atoms with van der Waals surface area (Å²) >= 11 is 5.77. The Labute approximate surface area is 99.2 Å². The highest BCUT2D eigenvalue weighted by Crippen LogP contribution is 2.21. The summed E-state index contributed by atoms with van der Waals surface area (Å²) in [4.78, 5) is 3.79. The molecule has 0 atom stereocenters. The monoisotopic (exact) mass is 264 g/mol. The molecular weight excluding hydrogens is 252 g/mol. The Morgan fingerprint density at radius 3 is 2.56 bits per heavy atom. The van der Waals surface area contributed by atoms with Crippen LogP contribution in [-0.2, 0) is 10.0 Å². The summed E-state index contributed by atoms with van der Waals surface area (Å²) in [7, 11) is -3.57. The number of halogens is 1. The van der Waals surface area contributed by atoms with E-state index < -0.39 is 10.0 Å². The molecule has 8 heteroatoms. The number of pyridine rings is 1. The third kappa shape index (κ3) is 3.05. The van der Waals surface area contributed by atoms with E-state index in [0.717, 1.165) is 0 Å². The van der Waals surface area contributed by atoms with Crippen LogP contribution in [0, 0.1) is 0 Å². The van der Waals surface area contributed by atoms with Gasteiger partial charge >= 0.3 is 0 Å². The van der Waals surface area contributed by atoms with E-state index in [9.17, 15) is 8.42 Å². The molecular formula is C8H13ClN4O2S. The Kier molecular flexibility index (Phi) is 4.09. The molecule has 1 heterocycles. The van der Waals surface area contributed by atoms with Crippen LogP contribution >= 0.6 is 11.6 Å². The van der Waals surface area contributed by atoms with Crippen LogP contribution in [0.1, 0.15) is 13.8 Å². The van der Waals surface area contributed by atoms with Gasteiger partial charge in [0, 0.05) is 12.2 Å². The van der Waals surface area contributed by atoms with Crippen LogP contribution in [-0.4, -0.2) is 19.4 Å². The standard InChI is InChI=1S/C8H13ClN4O2S/c1-5(2)13-16(14,15)6-3-7(9)8(12-10)11-4-6/h3-5,13H,10H2,1-2H3,(H,11,12). The number of hydrogen-bond donors (Lipinski definition) is 3. The second-order valence-electron chi connectivity index (χ2n) is 3.42. The first-order valence-corrected chi connectivity index (χ1v) is 6.37. The first kappa shape index (κ1) is 13.2. The number of anilines is 1. The molecule has 0 aromatic carbocycles.